The molecule has 2 aromatic rings. The van der Waals surface area contributed by atoms with Gasteiger partial charge in [-0.1, -0.05) is 23.4 Å². The van der Waals surface area contributed by atoms with Gasteiger partial charge in [-0.3, -0.25) is 0 Å². The molecule has 15 heavy (non-hydrogen) atoms. The molecule has 78 valence electrons. The fourth-order valence-corrected chi connectivity index (χ4v) is 1.42. The fraction of sp³-hybridized carbons (Fsp3) is 0.182. The summed E-state index contributed by atoms with van der Waals surface area (Å²) in [7, 11) is 3.65. The molecule has 0 unspecified atom stereocenters. The van der Waals surface area contributed by atoms with E-state index in [1.165, 1.54) is 12.3 Å². The molecule has 1 aromatic carbocycles. The predicted molar refractivity (Wildman–Crippen MR) is 56.2 cm³/mol. The second kappa shape index (κ2) is 3.73. The zero-order valence-corrected chi connectivity index (χ0v) is 8.57. The van der Waals surface area contributed by atoms with Gasteiger partial charge in [0.2, 0.25) is 5.88 Å². The van der Waals surface area contributed by atoms with Crippen molar-refractivity contribution in [2.45, 2.75) is 0 Å². The summed E-state index contributed by atoms with van der Waals surface area (Å²) < 4.78 is 18.6. The maximum atomic E-state index is 13.5. The number of anilines is 1. The van der Waals surface area contributed by atoms with Crippen molar-refractivity contribution in [3.8, 4) is 11.1 Å². The first kappa shape index (κ1) is 9.71. The number of nitrogens with zero attached hydrogens (tertiary/aromatic N) is 2. The molecule has 0 aliphatic rings. The van der Waals surface area contributed by atoms with Gasteiger partial charge in [0.25, 0.3) is 0 Å². The number of hydrogen-bond donors (Lipinski definition) is 0. The molecule has 3 nitrogen and oxygen atoms in total. The van der Waals surface area contributed by atoms with Crippen LogP contribution in [0, 0.1) is 5.82 Å². The Bertz CT molecular complexity index is 465. The van der Waals surface area contributed by atoms with Crippen molar-refractivity contribution in [2.75, 3.05) is 19.0 Å². The average molecular weight is 206 g/mol. The Morgan fingerprint density at radius 2 is 1.93 bits per heavy atom. The maximum absolute atomic E-state index is 13.5. The van der Waals surface area contributed by atoms with Crippen molar-refractivity contribution in [2.24, 2.45) is 0 Å². The summed E-state index contributed by atoms with van der Waals surface area (Å²) in [5.74, 6) is 0.281. The molecule has 0 atom stereocenters. The Labute approximate surface area is 87.1 Å². The van der Waals surface area contributed by atoms with E-state index in [2.05, 4.69) is 5.16 Å². The van der Waals surface area contributed by atoms with Crippen LogP contribution in [0.15, 0.2) is 35.0 Å². The number of hydrogen-bond acceptors (Lipinski definition) is 3. The van der Waals surface area contributed by atoms with E-state index in [1.54, 1.807) is 23.1 Å². The van der Waals surface area contributed by atoms with E-state index >= 15 is 0 Å². The van der Waals surface area contributed by atoms with E-state index in [-0.39, 0.29) is 5.82 Å². The highest BCUT2D eigenvalue weighted by molar-refractivity contribution is 5.74. The molecule has 0 spiro atoms. The zero-order chi connectivity index (χ0) is 10.8. The third-order valence-corrected chi connectivity index (χ3v) is 2.12. The maximum Gasteiger partial charge on any atom is 0.234 e. The van der Waals surface area contributed by atoms with Crippen LogP contribution in [-0.4, -0.2) is 19.3 Å². The molecule has 0 bridgehead atoms. The summed E-state index contributed by atoms with van der Waals surface area (Å²) in [4.78, 5) is 1.76. The lowest BCUT2D eigenvalue weighted by molar-refractivity contribution is 0.424. The van der Waals surface area contributed by atoms with Crippen LogP contribution in [0.25, 0.3) is 11.1 Å². The van der Waals surface area contributed by atoms with Crippen molar-refractivity contribution < 1.29 is 8.91 Å². The Hall–Kier alpha value is -1.84. The monoisotopic (exact) mass is 206 g/mol. The molecule has 0 fully saturated rings. The smallest absolute Gasteiger partial charge is 0.234 e. The van der Waals surface area contributed by atoms with Gasteiger partial charge in [0.15, 0.2) is 0 Å². The highest BCUT2D eigenvalue weighted by Crippen LogP contribution is 2.30. The summed E-state index contributed by atoms with van der Waals surface area (Å²) >= 11 is 0. The summed E-state index contributed by atoms with van der Waals surface area (Å²) in [6.07, 6.45) is 1.52. The predicted octanol–water partition coefficient (Wildman–Crippen LogP) is 2.55. The van der Waals surface area contributed by atoms with Gasteiger partial charge >= 0.3 is 0 Å². The Kier molecular flexibility index (Phi) is 2.41. The first-order chi connectivity index (χ1) is 7.20. The lowest BCUT2D eigenvalue weighted by Gasteiger charge is -2.09. The van der Waals surface area contributed by atoms with Gasteiger partial charge in [0.05, 0.1) is 11.8 Å². The second-order valence-electron chi connectivity index (χ2n) is 3.42. The van der Waals surface area contributed by atoms with Gasteiger partial charge in [-0.2, -0.15) is 0 Å². The van der Waals surface area contributed by atoms with E-state index in [4.69, 9.17) is 4.52 Å². The van der Waals surface area contributed by atoms with Crippen LogP contribution in [-0.2, 0) is 0 Å². The topological polar surface area (TPSA) is 29.3 Å². The fourth-order valence-electron chi connectivity index (χ4n) is 1.42. The Morgan fingerprint density at radius 1 is 1.20 bits per heavy atom. The summed E-state index contributed by atoms with van der Waals surface area (Å²) in [6, 6.07) is 6.56. The molecule has 0 N–H and O–H groups in total. The van der Waals surface area contributed by atoms with Gasteiger partial charge in [-0.15, -0.1) is 0 Å². The van der Waals surface area contributed by atoms with Crippen molar-refractivity contribution >= 4 is 5.88 Å². The van der Waals surface area contributed by atoms with Gasteiger partial charge in [0.1, 0.15) is 5.82 Å². The molecular weight excluding hydrogens is 195 g/mol. The quantitative estimate of drug-likeness (QED) is 0.756. The van der Waals surface area contributed by atoms with Crippen LogP contribution in [0.1, 0.15) is 0 Å². The van der Waals surface area contributed by atoms with Crippen LogP contribution in [0.3, 0.4) is 0 Å². The minimum atomic E-state index is -0.274. The highest BCUT2D eigenvalue weighted by atomic mass is 19.1. The van der Waals surface area contributed by atoms with Gasteiger partial charge < -0.3 is 9.42 Å². The normalized spacial score (nSPS) is 10.3. The Balaban J connectivity index is 2.55. The number of benzene rings is 1. The summed E-state index contributed by atoms with van der Waals surface area (Å²) in [5.41, 5.74) is 1.17. The summed E-state index contributed by atoms with van der Waals surface area (Å²) in [6.45, 7) is 0. The van der Waals surface area contributed by atoms with Crippen LogP contribution in [0.5, 0.6) is 0 Å². The third-order valence-electron chi connectivity index (χ3n) is 2.12. The molecule has 1 heterocycles. The number of halogens is 1. The first-order valence-electron chi connectivity index (χ1n) is 4.57. The van der Waals surface area contributed by atoms with Crippen LogP contribution in [0.2, 0.25) is 0 Å². The minimum absolute atomic E-state index is 0.274. The molecule has 0 aliphatic carbocycles. The van der Waals surface area contributed by atoms with Crippen molar-refractivity contribution in [1.82, 2.24) is 5.16 Å². The van der Waals surface area contributed by atoms with Crippen LogP contribution < -0.4 is 4.90 Å². The van der Waals surface area contributed by atoms with E-state index in [9.17, 15) is 4.39 Å². The summed E-state index contributed by atoms with van der Waals surface area (Å²) in [5, 5.41) is 3.68. The minimum Gasteiger partial charge on any atom is -0.346 e. The van der Waals surface area contributed by atoms with Crippen molar-refractivity contribution in [3.63, 3.8) is 0 Å². The zero-order valence-electron chi connectivity index (χ0n) is 8.57. The largest absolute Gasteiger partial charge is 0.346 e. The standard InChI is InChI=1S/C11H11FN2O/c1-14(2)11-9(7-13-15-11)8-5-3-4-6-10(8)12/h3-7H,1-2H3. The van der Waals surface area contributed by atoms with Gasteiger partial charge in [-0.05, 0) is 6.07 Å². The third kappa shape index (κ3) is 1.70. The average Bonchev–Trinajstić information content (AvgIpc) is 2.67. The molecule has 0 amide bonds. The molecule has 0 saturated carbocycles. The van der Waals surface area contributed by atoms with Crippen LogP contribution >= 0.6 is 0 Å². The second-order valence-corrected chi connectivity index (χ2v) is 3.42. The van der Waals surface area contributed by atoms with E-state index < -0.39 is 0 Å². The molecule has 0 radical (unpaired) electrons. The van der Waals surface area contributed by atoms with Crippen molar-refractivity contribution in [1.29, 1.82) is 0 Å². The molecular formula is C11H11FN2O. The Morgan fingerprint density at radius 3 is 2.60 bits per heavy atom. The number of aromatic nitrogens is 1. The van der Waals surface area contributed by atoms with E-state index in [0.717, 1.165) is 0 Å². The van der Waals surface area contributed by atoms with Gasteiger partial charge in [-0.25, -0.2) is 4.39 Å². The highest BCUT2D eigenvalue weighted by Gasteiger charge is 2.14. The van der Waals surface area contributed by atoms with Crippen molar-refractivity contribution in [3.05, 3.63) is 36.3 Å². The lowest BCUT2D eigenvalue weighted by Crippen LogP contribution is -2.08. The SMILES string of the molecule is CN(C)c1oncc1-c1ccccc1F. The molecule has 0 aliphatic heterocycles. The molecule has 1 aromatic heterocycles. The molecule has 2 rings (SSSR count). The van der Waals surface area contributed by atoms with E-state index in [0.29, 0.717) is 17.0 Å². The van der Waals surface area contributed by atoms with Gasteiger partial charge in [0, 0.05) is 19.7 Å². The molecule has 0 saturated heterocycles. The lowest BCUT2D eigenvalue weighted by atomic mass is 10.1. The van der Waals surface area contributed by atoms with E-state index in [1.807, 2.05) is 14.1 Å². The van der Waals surface area contributed by atoms with Crippen LogP contribution in [0.4, 0.5) is 10.3 Å². The molecule has 4 heteroatoms. The number of rotatable bonds is 2. The first-order valence-corrected chi connectivity index (χ1v) is 4.57.